The summed E-state index contributed by atoms with van der Waals surface area (Å²) >= 11 is 0. The molecule has 17 heavy (non-hydrogen) atoms. The zero-order chi connectivity index (χ0) is 13.1. The number of methoxy groups -OCH3 is 2. The zero-order valence-corrected chi connectivity index (χ0v) is 10.4. The van der Waals surface area contributed by atoms with Gasteiger partial charge in [-0.3, -0.25) is 9.59 Å². The van der Waals surface area contributed by atoms with Crippen LogP contribution < -0.4 is 10.3 Å². The molecular weight excluding hydrogens is 224 g/mol. The van der Waals surface area contributed by atoms with Crippen LogP contribution in [0.25, 0.3) is 0 Å². The first kappa shape index (κ1) is 13.2. The summed E-state index contributed by atoms with van der Waals surface area (Å²) in [5, 5.41) is 3.97. The Morgan fingerprint density at radius 2 is 2.06 bits per heavy atom. The van der Waals surface area contributed by atoms with Gasteiger partial charge >= 0.3 is 5.97 Å². The van der Waals surface area contributed by atoms with Crippen LogP contribution in [0.2, 0.25) is 0 Å². The number of hydrogen-bond donors (Lipinski definition) is 0. The lowest BCUT2D eigenvalue weighted by Gasteiger charge is -2.21. The van der Waals surface area contributed by atoms with Crippen LogP contribution in [-0.4, -0.2) is 30.0 Å². The Balaban J connectivity index is 3.02. The van der Waals surface area contributed by atoms with Crippen molar-refractivity contribution in [2.45, 2.75) is 20.4 Å². The van der Waals surface area contributed by atoms with Gasteiger partial charge in [0.15, 0.2) is 0 Å². The molecule has 0 aromatic carbocycles. The zero-order valence-electron chi connectivity index (χ0n) is 10.4. The van der Waals surface area contributed by atoms with Gasteiger partial charge in [-0.15, -0.1) is 5.10 Å². The Morgan fingerprint density at radius 3 is 2.59 bits per heavy atom. The van der Waals surface area contributed by atoms with Crippen molar-refractivity contribution in [3.63, 3.8) is 0 Å². The minimum atomic E-state index is -0.821. The molecule has 0 aliphatic carbocycles. The number of rotatable bonds is 4. The van der Waals surface area contributed by atoms with Gasteiger partial charge in [-0.2, -0.15) is 0 Å². The average molecular weight is 240 g/mol. The molecule has 0 saturated heterocycles. The SMILES string of the molecule is COC(=O)C(C)(C)Cn1nc(OC)ccc1=O. The molecule has 6 nitrogen and oxygen atoms in total. The van der Waals surface area contributed by atoms with E-state index in [9.17, 15) is 9.59 Å². The third-order valence-electron chi connectivity index (χ3n) is 2.33. The van der Waals surface area contributed by atoms with Crippen molar-refractivity contribution in [3.05, 3.63) is 22.5 Å². The fourth-order valence-electron chi connectivity index (χ4n) is 1.37. The van der Waals surface area contributed by atoms with Crippen molar-refractivity contribution in [2.24, 2.45) is 5.41 Å². The molecular formula is C11H16N2O4. The van der Waals surface area contributed by atoms with Crippen LogP contribution in [-0.2, 0) is 16.1 Å². The topological polar surface area (TPSA) is 70.4 Å². The molecule has 1 rings (SSSR count). The maximum atomic E-state index is 11.6. The van der Waals surface area contributed by atoms with E-state index >= 15 is 0 Å². The third kappa shape index (κ3) is 3.05. The number of aromatic nitrogens is 2. The highest BCUT2D eigenvalue weighted by atomic mass is 16.5. The lowest BCUT2D eigenvalue weighted by atomic mass is 9.94. The van der Waals surface area contributed by atoms with E-state index in [2.05, 4.69) is 9.84 Å². The Kier molecular flexibility index (Phi) is 3.88. The second kappa shape index (κ2) is 4.99. The molecule has 0 amide bonds. The highest BCUT2D eigenvalue weighted by molar-refractivity contribution is 5.75. The van der Waals surface area contributed by atoms with E-state index in [4.69, 9.17) is 4.74 Å². The largest absolute Gasteiger partial charge is 0.480 e. The molecule has 0 radical (unpaired) electrons. The van der Waals surface area contributed by atoms with Crippen molar-refractivity contribution in [1.29, 1.82) is 0 Å². The Labute approximate surface area is 99.2 Å². The summed E-state index contributed by atoms with van der Waals surface area (Å²) in [6.07, 6.45) is 0. The predicted octanol–water partition coefficient (Wildman–Crippen LogP) is 0.451. The van der Waals surface area contributed by atoms with E-state index in [1.165, 1.54) is 31.0 Å². The highest BCUT2D eigenvalue weighted by Crippen LogP contribution is 2.18. The maximum Gasteiger partial charge on any atom is 0.313 e. The van der Waals surface area contributed by atoms with Gasteiger partial charge in [-0.05, 0) is 13.8 Å². The Hall–Kier alpha value is -1.85. The first-order valence-electron chi connectivity index (χ1n) is 5.11. The minimum Gasteiger partial charge on any atom is -0.480 e. The molecule has 0 spiro atoms. The molecule has 1 aromatic heterocycles. The summed E-state index contributed by atoms with van der Waals surface area (Å²) in [5.74, 6) is -0.0701. The predicted molar refractivity (Wildman–Crippen MR) is 60.8 cm³/mol. The Bertz CT molecular complexity index is 465. The maximum absolute atomic E-state index is 11.6. The van der Waals surface area contributed by atoms with Crippen molar-refractivity contribution < 1.29 is 14.3 Å². The molecule has 6 heteroatoms. The molecule has 0 saturated carbocycles. The smallest absolute Gasteiger partial charge is 0.313 e. The van der Waals surface area contributed by atoms with E-state index in [0.29, 0.717) is 5.88 Å². The van der Waals surface area contributed by atoms with Crippen molar-refractivity contribution in [3.8, 4) is 5.88 Å². The minimum absolute atomic E-state index is 0.135. The lowest BCUT2D eigenvalue weighted by Crippen LogP contribution is -2.36. The van der Waals surface area contributed by atoms with E-state index < -0.39 is 11.4 Å². The fraction of sp³-hybridized carbons (Fsp3) is 0.545. The lowest BCUT2D eigenvalue weighted by molar-refractivity contribution is -0.151. The molecule has 0 aliphatic rings. The van der Waals surface area contributed by atoms with Crippen LogP contribution >= 0.6 is 0 Å². The molecule has 0 aliphatic heterocycles. The van der Waals surface area contributed by atoms with E-state index in [1.807, 2.05) is 0 Å². The monoisotopic (exact) mass is 240 g/mol. The highest BCUT2D eigenvalue weighted by Gasteiger charge is 2.30. The molecule has 0 atom stereocenters. The van der Waals surface area contributed by atoms with Gasteiger partial charge in [0.1, 0.15) is 0 Å². The van der Waals surface area contributed by atoms with Crippen LogP contribution in [0.1, 0.15) is 13.8 Å². The van der Waals surface area contributed by atoms with Crippen LogP contribution in [0.4, 0.5) is 0 Å². The fourth-order valence-corrected chi connectivity index (χ4v) is 1.37. The molecule has 94 valence electrons. The summed E-state index contributed by atoms with van der Waals surface area (Å²) in [6.45, 7) is 3.51. The normalized spacial score (nSPS) is 11.1. The van der Waals surface area contributed by atoms with E-state index in [0.717, 1.165) is 0 Å². The van der Waals surface area contributed by atoms with Gasteiger partial charge in [0.25, 0.3) is 5.56 Å². The molecule has 0 bridgehead atoms. The number of ether oxygens (including phenoxy) is 2. The van der Waals surface area contributed by atoms with Crippen LogP contribution in [0.15, 0.2) is 16.9 Å². The molecule has 1 heterocycles. The second-order valence-electron chi connectivity index (χ2n) is 4.25. The first-order valence-corrected chi connectivity index (χ1v) is 5.11. The van der Waals surface area contributed by atoms with E-state index in [-0.39, 0.29) is 12.1 Å². The Morgan fingerprint density at radius 1 is 1.41 bits per heavy atom. The molecule has 1 aromatic rings. The number of nitrogens with zero attached hydrogens (tertiary/aromatic N) is 2. The summed E-state index contributed by atoms with van der Waals surface area (Å²) in [6, 6.07) is 2.82. The summed E-state index contributed by atoms with van der Waals surface area (Å²) in [4.78, 5) is 23.1. The van der Waals surface area contributed by atoms with Crippen LogP contribution in [0, 0.1) is 5.41 Å². The van der Waals surface area contributed by atoms with Crippen LogP contribution in [0.5, 0.6) is 5.88 Å². The third-order valence-corrected chi connectivity index (χ3v) is 2.33. The number of hydrogen-bond acceptors (Lipinski definition) is 5. The number of esters is 1. The van der Waals surface area contributed by atoms with Gasteiger partial charge in [0, 0.05) is 12.1 Å². The molecule has 0 unspecified atom stereocenters. The average Bonchev–Trinajstić information content (AvgIpc) is 2.30. The van der Waals surface area contributed by atoms with Gasteiger partial charge in [-0.1, -0.05) is 0 Å². The summed E-state index contributed by atoms with van der Waals surface area (Å²) < 4.78 is 10.8. The van der Waals surface area contributed by atoms with Gasteiger partial charge in [0.05, 0.1) is 26.2 Å². The van der Waals surface area contributed by atoms with Crippen molar-refractivity contribution >= 4 is 5.97 Å². The van der Waals surface area contributed by atoms with E-state index in [1.54, 1.807) is 13.8 Å². The molecule has 0 N–H and O–H groups in total. The van der Waals surface area contributed by atoms with Crippen molar-refractivity contribution in [1.82, 2.24) is 9.78 Å². The van der Waals surface area contributed by atoms with Gasteiger partial charge in [0.2, 0.25) is 5.88 Å². The summed E-state index contributed by atoms with van der Waals surface area (Å²) in [5.41, 5.74) is -1.11. The standard InChI is InChI=1S/C11H16N2O4/c1-11(2,10(15)17-4)7-13-9(14)6-5-8(12-13)16-3/h5-6H,7H2,1-4H3. The number of carbonyl (C=O) groups excluding carboxylic acids is 1. The summed E-state index contributed by atoms with van der Waals surface area (Å²) in [7, 11) is 2.77. The second-order valence-corrected chi connectivity index (χ2v) is 4.25. The first-order chi connectivity index (χ1) is 7.90. The van der Waals surface area contributed by atoms with Gasteiger partial charge in [-0.25, -0.2) is 4.68 Å². The van der Waals surface area contributed by atoms with Crippen molar-refractivity contribution in [2.75, 3.05) is 14.2 Å². The quantitative estimate of drug-likeness (QED) is 0.715. The van der Waals surface area contributed by atoms with Crippen LogP contribution in [0.3, 0.4) is 0 Å². The van der Waals surface area contributed by atoms with Gasteiger partial charge < -0.3 is 9.47 Å². The number of carbonyl (C=O) groups is 1. The molecule has 0 fully saturated rings.